The summed E-state index contributed by atoms with van der Waals surface area (Å²) in [6.45, 7) is 0.816. The fourth-order valence-corrected chi connectivity index (χ4v) is 3.68. The standard InChI is InChI=1S/C24H27N5O3/c1-28(13-7-10-17-8-5-4-6-9-17)29-16-25-22-23(29)26-21(27-24(22)30)15-18-11-12-19(31-2)20(14-18)32-3/h4-6,8-9,11-12,14,16H,7,10,13,15H2,1-3H3,(H,26,27,30). The number of fused-ring (bicyclic) bond motifs is 1. The Hall–Kier alpha value is -3.81. The minimum absolute atomic E-state index is 0.123. The van der Waals surface area contributed by atoms with Crippen molar-refractivity contribution in [3.05, 3.63) is 71.8 Å². The van der Waals surface area contributed by atoms with Crippen molar-refractivity contribution in [3.63, 3.8) is 0 Å². The molecule has 1 N–H and O–H groups in total. The van der Waals surface area contributed by atoms with Crippen molar-refractivity contribution in [2.75, 3.05) is 32.8 Å². The lowest BCUT2D eigenvalue weighted by atomic mass is 10.1. The summed E-state index contributed by atoms with van der Waals surface area (Å²) in [6.07, 6.45) is 4.08. The first-order valence-electron chi connectivity index (χ1n) is 10.5. The van der Waals surface area contributed by atoms with E-state index in [4.69, 9.17) is 14.5 Å². The fraction of sp³-hybridized carbons (Fsp3) is 0.292. The van der Waals surface area contributed by atoms with Crippen molar-refractivity contribution in [1.29, 1.82) is 0 Å². The maximum absolute atomic E-state index is 10.4. The molecule has 8 nitrogen and oxygen atoms in total. The van der Waals surface area contributed by atoms with Crippen LogP contribution in [0.2, 0.25) is 0 Å². The van der Waals surface area contributed by atoms with Crippen LogP contribution in [-0.4, -0.2) is 52.5 Å². The van der Waals surface area contributed by atoms with Crippen LogP contribution in [0.25, 0.3) is 11.2 Å². The van der Waals surface area contributed by atoms with Crippen LogP contribution < -0.4 is 14.5 Å². The molecular weight excluding hydrogens is 406 g/mol. The SMILES string of the molecule is COc1ccc(Cc2nc(O)c3ncn(N(C)CCCc4ccccc4)c3n2)cc1OC. The predicted molar refractivity (Wildman–Crippen MR) is 123 cm³/mol. The van der Waals surface area contributed by atoms with Gasteiger partial charge in [0, 0.05) is 20.0 Å². The summed E-state index contributed by atoms with van der Waals surface area (Å²) in [5, 5.41) is 12.5. The minimum atomic E-state index is -0.123. The third-order valence-electron chi connectivity index (χ3n) is 5.37. The summed E-state index contributed by atoms with van der Waals surface area (Å²) in [7, 11) is 5.19. The zero-order valence-electron chi connectivity index (χ0n) is 18.5. The maximum Gasteiger partial charge on any atom is 0.243 e. The second-order valence-corrected chi connectivity index (χ2v) is 7.56. The van der Waals surface area contributed by atoms with Crippen LogP contribution in [-0.2, 0) is 12.8 Å². The van der Waals surface area contributed by atoms with E-state index in [1.165, 1.54) is 5.56 Å². The molecule has 2 heterocycles. The Kier molecular flexibility index (Phi) is 6.39. The summed E-state index contributed by atoms with van der Waals surface area (Å²) < 4.78 is 12.5. The van der Waals surface area contributed by atoms with E-state index >= 15 is 0 Å². The van der Waals surface area contributed by atoms with Crippen molar-refractivity contribution in [1.82, 2.24) is 19.6 Å². The Balaban J connectivity index is 1.53. The molecule has 0 aliphatic rings. The first-order chi connectivity index (χ1) is 15.6. The first kappa shape index (κ1) is 21.4. The Morgan fingerprint density at radius 1 is 0.969 bits per heavy atom. The van der Waals surface area contributed by atoms with E-state index in [1.807, 2.05) is 41.0 Å². The van der Waals surface area contributed by atoms with Crippen LogP contribution in [0.4, 0.5) is 0 Å². The molecule has 0 amide bonds. The molecule has 0 saturated heterocycles. The molecule has 0 saturated carbocycles. The van der Waals surface area contributed by atoms with E-state index in [0.717, 1.165) is 24.9 Å². The molecule has 2 aromatic carbocycles. The van der Waals surface area contributed by atoms with Crippen LogP contribution in [0, 0.1) is 0 Å². The number of ether oxygens (including phenoxy) is 2. The van der Waals surface area contributed by atoms with Gasteiger partial charge in [-0.3, -0.25) is 0 Å². The molecule has 0 aliphatic heterocycles. The van der Waals surface area contributed by atoms with Crippen molar-refractivity contribution in [2.24, 2.45) is 0 Å². The van der Waals surface area contributed by atoms with E-state index in [0.29, 0.717) is 34.9 Å². The lowest BCUT2D eigenvalue weighted by Crippen LogP contribution is -2.31. The second-order valence-electron chi connectivity index (χ2n) is 7.56. The quantitative estimate of drug-likeness (QED) is 0.433. The monoisotopic (exact) mass is 433 g/mol. The van der Waals surface area contributed by atoms with E-state index in [2.05, 4.69) is 34.2 Å². The Bertz CT molecular complexity index is 1190. The third-order valence-corrected chi connectivity index (χ3v) is 5.37. The van der Waals surface area contributed by atoms with E-state index < -0.39 is 0 Å². The van der Waals surface area contributed by atoms with Crippen molar-refractivity contribution in [2.45, 2.75) is 19.3 Å². The Morgan fingerprint density at radius 2 is 1.75 bits per heavy atom. The highest BCUT2D eigenvalue weighted by Crippen LogP contribution is 2.29. The lowest BCUT2D eigenvalue weighted by Gasteiger charge is -2.20. The predicted octanol–water partition coefficient (Wildman–Crippen LogP) is 3.34. The van der Waals surface area contributed by atoms with Gasteiger partial charge in [-0.15, -0.1) is 0 Å². The van der Waals surface area contributed by atoms with Gasteiger partial charge in [0.05, 0.1) is 14.2 Å². The molecule has 0 unspecified atom stereocenters. The van der Waals surface area contributed by atoms with Crippen LogP contribution in [0.1, 0.15) is 23.4 Å². The largest absolute Gasteiger partial charge is 0.493 e. The zero-order valence-corrected chi connectivity index (χ0v) is 18.5. The molecule has 0 fully saturated rings. The molecule has 0 aliphatic carbocycles. The van der Waals surface area contributed by atoms with Crippen molar-refractivity contribution < 1.29 is 14.6 Å². The van der Waals surface area contributed by atoms with E-state index in [1.54, 1.807) is 20.5 Å². The fourth-order valence-electron chi connectivity index (χ4n) is 3.68. The number of aromatic nitrogens is 4. The van der Waals surface area contributed by atoms with E-state index in [9.17, 15) is 5.11 Å². The normalized spacial score (nSPS) is 11.0. The molecule has 4 aromatic rings. The Labute approximate surface area is 187 Å². The van der Waals surface area contributed by atoms with Crippen LogP contribution in [0.15, 0.2) is 54.9 Å². The average Bonchev–Trinajstić information content (AvgIpc) is 3.24. The molecule has 2 aromatic heterocycles. The van der Waals surface area contributed by atoms with Crippen LogP contribution >= 0.6 is 0 Å². The summed E-state index contributed by atoms with van der Waals surface area (Å²) in [6, 6.07) is 16.1. The average molecular weight is 434 g/mol. The second kappa shape index (κ2) is 9.55. The highest BCUT2D eigenvalue weighted by molar-refractivity contribution is 5.76. The highest BCUT2D eigenvalue weighted by atomic mass is 16.5. The number of aryl methyl sites for hydroxylation is 1. The van der Waals surface area contributed by atoms with Gasteiger partial charge in [-0.25, -0.2) is 14.6 Å². The number of hydrogen-bond acceptors (Lipinski definition) is 7. The molecule has 0 radical (unpaired) electrons. The van der Waals surface area contributed by atoms with Gasteiger partial charge in [-0.05, 0) is 36.1 Å². The summed E-state index contributed by atoms with van der Waals surface area (Å²) in [5.41, 5.74) is 3.23. The van der Waals surface area contributed by atoms with Crippen molar-refractivity contribution >= 4 is 11.2 Å². The number of benzene rings is 2. The van der Waals surface area contributed by atoms with Crippen LogP contribution in [0.5, 0.6) is 17.4 Å². The summed E-state index contributed by atoms with van der Waals surface area (Å²) in [4.78, 5) is 13.3. The van der Waals surface area contributed by atoms with Gasteiger partial charge < -0.3 is 19.6 Å². The van der Waals surface area contributed by atoms with Gasteiger partial charge in [0.2, 0.25) is 5.88 Å². The molecule has 0 bridgehead atoms. The van der Waals surface area contributed by atoms with Crippen molar-refractivity contribution in [3.8, 4) is 17.4 Å². The van der Waals surface area contributed by atoms with Gasteiger partial charge in [0.15, 0.2) is 22.7 Å². The summed E-state index contributed by atoms with van der Waals surface area (Å²) in [5.74, 6) is 1.67. The number of aromatic hydroxyl groups is 1. The third kappa shape index (κ3) is 4.59. The zero-order chi connectivity index (χ0) is 22.5. The molecule has 4 rings (SSSR count). The topological polar surface area (TPSA) is 85.5 Å². The number of rotatable bonds is 9. The molecule has 32 heavy (non-hydrogen) atoms. The number of hydrogen-bond donors (Lipinski definition) is 1. The van der Waals surface area contributed by atoms with Gasteiger partial charge in [-0.2, -0.15) is 4.98 Å². The van der Waals surface area contributed by atoms with Gasteiger partial charge in [0.25, 0.3) is 0 Å². The molecular formula is C24H27N5O3. The van der Waals surface area contributed by atoms with Gasteiger partial charge >= 0.3 is 0 Å². The minimum Gasteiger partial charge on any atom is -0.493 e. The highest BCUT2D eigenvalue weighted by Gasteiger charge is 2.16. The summed E-state index contributed by atoms with van der Waals surface area (Å²) >= 11 is 0. The number of nitrogens with zero attached hydrogens (tertiary/aromatic N) is 5. The van der Waals surface area contributed by atoms with E-state index in [-0.39, 0.29) is 5.88 Å². The molecule has 8 heteroatoms. The van der Waals surface area contributed by atoms with Crippen LogP contribution in [0.3, 0.4) is 0 Å². The number of imidazole rings is 1. The molecule has 166 valence electrons. The smallest absolute Gasteiger partial charge is 0.243 e. The molecule has 0 spiro atoms. The van der Waals surface area contributed by atoms with Gasteiger partial charge in [-0.1, -0.05) is 36.4 Å². The molecule has 0 atom stereocenters. The maximum atomic E-state index is 10.4. The first-order valence-corrected chi connectivity index (χ1v) is 10.5. The Morgan fingerprint density at radius 3 is 2.50 bits per heavy atom. The lowest BCUT2D eigenvalue weighted by molar-refractivity contribution is 0.354. The van der Waals surface area contributed by atoms with Gasteiger partial charge in [0.1, 0.15) is 12.2 Å². The number of methoxy groups -OCH3 is 2.